The van der Waals surface area contributed by atoms with Gasteiger partial charge in [0.1, 0.15) is 5.82 Å². The third-order valence-corrected chi connectivity index (χ3v) is 8.05. The van der Waals surface area contributed by atoms with Crippen molar-refractivity contribution >= 4 is 46.4 Å². The standard InChI is InChI=1S/C18H15ClFN4O6PS/c19-14-6-1-10(20)7-13(14)15-8-22-17(21)16(24-15)18(25)23-11-2-4-12(5-3-11)32(29,30)9-31(26,27)28/h1-8H,9H2,(H2,21,22)(H,23,25)(H2,26,27,28). The largest absolute Gasteiger partial charge is 0.382 e. The summed E-state index contributed by atoms with van der Waals surface area (Å²) in [6.07, 6.45) is 1.23. The molecule has 10 nitrogen and oxygen atoms in total. The van der Waals surface area contributed by atoms with Crippen LogP contribution in [-0.4, -0.2) is 39.6 Å². The van der Waals surface area contributed by atoms with Crippen LogP contribution in [-0.2, 0) is 14.4 Å². The minimum atomic E-state index is -4.79. The van der Waals surface area contributed by atoms with Gasteiger partial charge in [-0.05, 0) is 42.5 Å². The first-order valence-electron chi connectivity index (χ1n) is 8.62. The van der Waals surface area contributed by atoms with Gasteiger partial charge in [0.2, 0.25) is 0 Å². The van der Waals surface area contributed by atoms with Crippen LogP contribution in [0.25, 0.3) is 11.3 Å². The van der Waals surface area contributed by atoms with Crippen molar-refractivity contribution < 1.29 is 32.0 Å². The van der Waals surface area contributed by atoms with Crippen LogP contribution in [0.1, 0.15) is 10.5 Å². The van der Waals surface area contributed by atoms with Gasteiger partial charge in [0, 0.05) is 11.3 Å². The van der Waals surface area contributed by atoms with Crippen LogP contribution in [0.2, 0.25) is 5.02 Å². The number of amides is 1. The average Bonchev–Trinajstić information content (AvgIpc) is 2.69. The zero-order chi connectivity index (χ0) is 23.7. The minimum Gasteiger partial charge on any atom is -0.382 e. The molecule has 0 saturated carbocycles. The highest BCUT2D eigenvalue weighted by Gasteiger charge is 2.26. The number of benzene rings is 2. The monoisotopic (exact) mass is 500 g/mol. The Morgan fingerprint density at radius 3 is 2.47 bits per heavy atom. The van der Waals surface area contributed by atoms with Crippen molar-refractivity contribution in [3.8, 4) is 11.3 Å². The Kier molecular flexibility index (Phi) is 6.63. The molecule has 3 aromatic rings. The Balaban J connectivity index is 1.85. The van der Waals surface area contributed by atoms with E-state index in [1.54, 1.807) is 0 Å². The van der Waals surface area contributed by atoms with Crippen molar-refractivity contribution in [2.24, 2.45) is 0 Å². The van der Waals surface area contributed by atoms with E-state index in [9.17, 15) is 22.2 Å². The lowest BCUT2D eigenvalue weighted by molar-refractivity contribution is 0.102. The van der Waals surface area contributed by atoms with Crippen molar-refractivity contribution in [3.05, 3.63) is 65.2 Å². The molecule has 168 valence electrons. The summed E-state index contributed by atoms with van der Waals surface area (Å²) in [6, 6.07) is 8.22. The Bertz CT molecular complexity index is 1350. The van der Waals surface area contributed by atoms with E-state index < -0.39 is 34.7 Å². The van der Waals surface area contributed by atoms with Gasteiger partial charge in [0.05, 0.1) is 21.8 Å². The fraction of sp³-hybridized carbons (Fsp3) is 0.0556. The van der Waals surface area contributed by atoms with Gasteiger partial charge in [0.15, 0.2) is 26.8 Å². The van der Waals surface area contributed by atoms with Crippen molar-refractivity contribution in [3.63, 3.8) is 0 Å². The molecular weight excluding hydrogens is 486 g/mol. The summed E-state index contributed by atoms with van der Waals surface area (Å²) in [5, 5.41) is 2.64. The quantitative estimate of drug-likeness (QED) is 0.371. The maximum absolute atomic E-state index is 13.6. The average molecular weight is 501 g/mol. The highest BCUT2D eigenvalue weighted by molar-refractivity contribution is 7.97. The molecular formula is C18H15ClFN4O6PS. The Morgan fingerprint density at radius 1 is 1.19 bits per heavy atom. The second kappa shape index (κ2) is 8.93. The number of nitrogens with two attached hydrogens (primary N) is 1. The number of aromatic nitrogens is 2. The van der Waals surface area contributed by atoms with E-state index in [0.29, 0.717) is 0 Å². The highest BCUT2D eigenvalue weighted by Crippen LogP contribution is 2.38. The summed E-state index contributed by atoms with van der Waals surface area (Å²) in [7, 11) is -9.02. The molecule has 1 amide bonds. The topological polar surface area (TPSA) is 173 Å². The second-order valence-corrected chi connectivity index (χ2v) is 11.0. The van der Waals surface area contributed by atoms with E-state index in [4.69, 9.17) is 27.1 Å². The molecule has 0 spiro atoms. The molecule has 0 radical (unpaired) electrons. The number of rotatable bonds is 6. The molecule has 5 N–H and O–H groups in total. The molecule has 0 bridgehead atoms. The van der Waals surface area contributed by atoms with Crippen LogP contribution >= 0.6 is 19.2 Å². The molecule has 0 aliphatic heterocycles. The van der Waals surface area contributed by atoms with Gasteiger partial charge in [-0.1, -0.05) is 11.6 Å². The van der Waals surface area contributed by atoms with E-state index >= 15 is 0 Å². The zero-order valence-corrected chi connectivity index (χ0v) is 18.4. The summed E-state index contributed by atoms with van der Waals surface area (Å²) < 4.78 is 48.6. The molecule has 2 aromatic carbocycles. The van der Waals surface area contributed by atoms with E-state index in [1.165, 1.54) is 24.4 Å². The maximum Gasteiger partial charge on any atom is 0.340 e. The third-order valence-electron chi connectivity index (χ3n) is 4.03. The van der Waals surface area contributed by atoms with Gasteiger partial charge in [-0.15, -0.1) is 0 Å². The summed E-state index contributed by atoms with van der Waals surface area (Å²) in [6.45, 7) is 0. The van der Waals surface area contributed by atoms with Crippen LogP contribution in [0.4, 0.5) is 15.9 Å². The molecule has 0 aliphatic rings. The van der Waals surface area contributed by atoms with Gasteiger partial charge >= 0.3 is 7.60 Å². The fourth-order valence-corrected chi connectivity index (χ4v) is 5.75. The number of carbonyl (C=O) groups excluding carboxylic acids is 1. The van der Waals surface area contributed by atoms with Crippen LogP contribution in [0.5, 0.6) is 0 Å². The van der Waals surface area contributed by atoms with E-state index in [1.807, 2.05) is 0 Å². The summed E-state index contributed by atoms with van der Waals surface area (Å²) in [5.41, 5.74) is 4.58. The first-order chi connectivity index (χ1) is 14.9. The second-order valence-electron chi connectivity index (χ2n) is 6.50. The first kappa shape index (κ1) is 23.8. The molecule has 0 atom stereocenters. The molecule has 0 saturated heterocycles. The van der Waals surface area contributed by atoms with Crippen LogP contribution in [0.3, 0.4) is 0 Å². The highest BCUT2D eigenvalue weighted by atomic mass is 35.5. The van der Waals surface area contributed by atoms with Crippen molar-refractivity contribution in [1.29, 1.82) is 0 Å². The summed E-state index contributed by atoms with van der Waals surface area (Å²) in [4.78, 5) is 38.1. The van der Waals surface area contributed by atoms with Crippen molar-refractivity contribution in [1.82, 2.24) is 9.97 Å². The molecule has 0 fully saturated rings. The van der Waals surface area contributed by atoms with Gasteiger partial charge in [-0.25, -0.2) is 22.8 Å². The molecule has 0 aliphatic carbocycles. The van der Waals surface area contributed by atoms with Gasteiger partial charge in [0.25, 0.3) is 5.91 Å². The van der Waals surface area contributed by atoms with E-state index in [-0.39, 0.29) is 38.4 Å². The predicted molar refractivity (Wildman–Crippen MR) is 115 cm³/mol. The normalized spacial score (nSPS) is 11.9. The van der Waals surface area contributed by atoms with E-state index in [0.717, 1.165) is 24.3 Å². The number of nitrogens with zero attached hydrogens (tertiary/aromatic N) is 2. The van der Waals surface area contributed by atoms with Gasteiger partial charge < -0.3 is 20.8 Å². The SMILES string of the molecule is Nc1ncc(-c2cc(F)ccc2Cl)nc1C(=O)Nc1ccc(S(=O)(=O)CP(=O)(O)O)cc1. The Hall–Kier alpha value is -2.89. The predicted octanol–water partition coefficient (Wildman–Crippen LogP) is 2.68. The maximum atomic E-state index is 13.6. The number of hydrogen-bond donors (Lipinski definition) is 4. The van der Waals surface area contributed by atoms with Crippen molar-refractivity contribution in [2.75, 3.05) is 16.5 Å². The van der Waals surface area contributed by atoms with Crippen LogP contribution < -0.4 is 11.1 Å². The molecule has 3 rings (SSSR count). The molecule has 1 heterocycles. The fourth-order valence-electron chi connectivity index (χ4n) is 2.62. The lowest BCUT2D eigenvalue weighted by Gasteiger charge is -2.10. The van der Waals surface area contributed by atoms with Gasteiger partial charge in [-0.3, -0.25) is 9.36 Å². The smallest absolute Gasteiger partial charge is 0.340 e. The van der Waals surface area contributed by atoms with Crippen LogP contribution in [0, 0.1) is 5.82 Å². The third kappa shape index (κ3) is 5.67. The number of hydrogen-bond acceptors (Lipinski definition) is 7. The summed E-state index contributed by atoms with van der Waals surface area (Å²) >= 11 is 6.06. The minimum absolute atomic E-state index is 0.104. The lowest BCUT2D eigenvalue weighted by Crippen LogP contribution is -2.17. The van der Waals surface area contributed by atoms with Crippen molar-refractivity contribution in [2.45, 2.75) is 4.90 Å². The Labute approximate surface area is 186 Å². The van der Waals surface area contributed by atoms with Gasteiger partial charge in [-0.2, -0.15) is 0 Å². The number of nitrogen functional groups attached to an aromatic ring is 1. The molecule has 14 heteroatoms. The summed E-state index contributed by atoms with van der Waals surface area (Å²) in [5.74, 6) is -1.56. The lowest BCUT2D eigenvalue weighted by atomic mass is 10.1. The number of nitrogens with one attached hydrogen (secondary N) is 1. The molecule has 0 unspecified atom stereocenters. The Morgan fingerprint density at radius 2 is 1.84 bits per heavy atom. The number of carbonyl (C=O) groups is 1. The number of halogens is 2. The molecule has 1 aromatic heterocycles. The molecule has 32 heavy (non-hydrogen) atoms. The first-order valence-corrected chi connectivity index (χ1v) is 12.5. The number of sulfone groups is 1. The van der Waals surface area contributed by atoms with Crippen LogP contribution in [0.15, 0.2) is 53.6 Å². The van der Waals surface area contributed by atoms with E-state index in [2.05, 4.69) is 15.3 Å². The zero-order valence-electron chi connectivity index (χ0n) is 15.9. The number of anilines is 2.